The molecule has 41 heavy (non-hydrogen) atoms. The summed E-state index contributed by atoms with van der Waals surface area (Å²) >= 11 is 0. The predicted octanol–water partition coefficient (Wildman–Crippen LogP) is 3.40. The van der Waals surface area contributed by atoms with Crippen LogP contribution >= 0.6 is 0 Å². The van der Waals surface area contributed by atoms with Gasteiger partial charge in [0.1, 0.15) is 5.78 Å². The van der Waals surface area contributed by atoms with Gasteiger partial charge in [0.05, 0.1) is 0 Å². The Labute approximate surface area is 244 Å². The molecule has 0 aliphatic rings. The molecule has 11 heteroatoms. The van der Waals surface area contributed by atoms with E-state index in [1.54, 1.807) is 7.05 Å². The molecule has 0 fully saturated rings. The number of para-hydroxylation sites is 1. The first-order valence-electron chi connectivity index (χ1n) is 14.7. The number of fused-ring (bicyclic) bond motifs is 1. The molecule has 0 aliphatic heterocycles. The Kier molecular flexibility index (Phi) is 14.5. The molecule has 0 saturated heterocycles. The van der Waals surface area contributed by atoms with Crippen molar-refractivity contribution in [2.45, 2.75) is 71.8 Å². The standard InChI is InChI=1S/C30H50N8O3/c1-5-22(20(2)3)18-37-30(41)38-24(9-8-14-34-28(31)32)12-13-25(39)16-21(17-36-29(40)33-4)15-23-19-35-27-11-7-6-10-26(23)27/h6-7,10-11,19-22,24,35H,5,8-9,12-18H2,1-4H3,(H4,31,32,34)(H2,33,36,40)(H2,37,38,41)/t21-,22-,24+/m1/s1. The smallest absolute Gasteiger partial charge is 0.315 e. The maximum Gasteiger partial charge on any atom is 0.315 e. The van der Waals surface area contributed by atoms with E-state index < -0.39 is 0 Å². The molecule has 1 heterocycles. The van der Waals surface area contributed by atoms with Crippen LogP contribution in [0.5, 0.6) is 0 Å². The average Bonchev–Trinajstić information content (AvgIpc) is 3.34. The van der Waals surface area contributed by atoms with Crippen molar-refractivity contribution < 1.29 is 14.4 Å². The number of urea groups is 2. The highest BCUT2D eigenvalue weighted by molar-refractivity contribution is 5.83. The molecule has 1 aromatic heterocycles. The third kappa shape index (κ3) is 12.5. The minimum absolute atomic E-state index is 0.0355. The molecule has 228 valence electrons. The lowest BCUT2D eigenvalue weighted by Crippen LogP contribution is -2.44. The number of benzene rings is 1. The molecule has 0 saturated carbocycles. The number of amides is 4. The van der Waals surface area contributed by atoms with Gasteiger partial charge >= 0.3 is 12.1 Å². The fraction of sp³-hybridized carbons (Fsp3) is 0.600. The molecule has 0 radical (unpaired) electrons. The monoisotopic (exact) mass is 570 g/mol. The van der Waals surface area contributed by atoms with Gasteiger partial charge in [-0.25, -0.2) is 9.59 Å². The number of hydrogen-bond donors (Lipinski definition) is 7. The zero-order valence-electron chi connectivity index (χ0n) is 25.1. The molecule has 1 aromatic carbocycles. The van der Waals surface area contributed by atoms with Crippen molar-refractivity contribution in [1.82, 2.24) is 26.3 Å². The topological polar surface area (TPSA) is 180 Å². The summed E-state index contributed by atoms with van der Waals surface area (Å²) in [5, 5.41) is 12.6. The van der Waals surface area contributed by atoms with E-state index in [-0.39, 0.29) is 35.8 Å². The number of carbonyl (C=O) groups excluding carboxylic acids is 3. The quantitative estimate of drug-likeness (QED) is 0.0823. The number of aliphatic imine (C=N–C) groups is 1. The second kappa shape index (κ2) is 17.8. The molecule has 9 N–H and O–H groups in total. The van der Waals surface area contributed by atoms with Crippen LogP contribution in [0.3, 0.4) is 0 Å². The van der Waals surface area contributed by atoms with Crippen LogP contribution in [-0.2, 0) is 11.2 Å². The van der Waals surface area contributed by atoms with Crippen LogP contribution in [0.4, 0.5) is 9.59 Å². The Balaban J connectivity index is 2.00. The Morgan fingerprint density at radius 3 is 2.44 bits per heavy atom. The van der Waals surface area contributed by atoms with Crippen LogP contribution in [-0.4, -0.2) is 61.5 Å². The Bertz CT molecular complexity index is 1130. The number of guanidine groups is 1. The maximum absolute atomic E-state index is 13.2. The highest BCUT2D eigenvalue weighted by Gasteiger charge is 2.20. The van der Waals surface area contributed by atoms with Gasteiger partial charge in [0.25, 0.3) is 0 Å². The van der Waals surface area contributed by atoms with Gasteiger partial charge in [0, 0.05) is 62.7 Å². The van der Waals surface area contributed by atoms with E-state index in [2.05, 4.69) is 58.1 Å². The Hall–Kier alpha value is -3.76. The van der Waals surface area contributed by atoms with E-state index in [1.165, 1.54) is 0 Å². The summed E-state index contributed by atoms with van der Waals surface area (Å²) in [6.45, 7) is 7.87. The zero-order valence-corrected chi connectivity index (χ0v) is 25.1. The van der Waals surface area contributed by atoms with Crippen LogP contribution < -0.4 is 32.7 Å². The van der Waals surface area contributed by atoms with Crippen molar-refractivity contribution >= 4 is 34.7 Å². The fourth-order valence-corrected chi connectivity index (χ4v) is 5.06. The molecule has 0 bridgehead atoms. The third-order valence-electron chi connectivity index (χ3n) is 7.58. The number of nitrogens with zero attached hydrogens (tertiary/aromatic N) is 1. The number of aromatic nitrogens is 1. The van der Waals surface area contributed by atoms with Gasteiger partial charge in [-0.3, -0.25) is 9.79 Å². The first-order chi connectivity index (χ1) is 19.6. The van der Waals surface area contributed by atoms with Crippen molar-refractivity contribution in [3.8, 4) is 0 Å². The molecule has 0 aliphatic carbocycles. The lowest BCUT2D eigenvalue weighted by Gasteiger charge is -2.22. The predicted molar refractivity (Wildman–Crippen MR) is 166 cm³/mol. The molecule has 0 unspecified atom stereocenters. The van der Waals surface area contributed by atoms with Crippen molar-refractivity contribution in [3.63, 3.8) is 0 Å². The number of nitrogens with two attached hydrogens (primary N) is 2. The Morgan fingerprint density at radius 1 is 1.02 bits per heavy atom. The normalized spacial score (nSPS) is 13.3. The molecular formula is C30H50N8O3. The lowest BCUT2D eigenvalue weighted by atomic mass is 9.91. The van der Waals surface area contributed by atoms with E-state index in [4.69, 9.17) is 11.5 Å². The summed E-state index contributed by atoms with van der Waals surface area (Å²) in [7, 11) is 1.57. The van der Waals surface area contributed by atoms with Gasteiger partial charge in [-0.2, -0.15) is 0 Å². The van der Waals surface area contributed by atoms with Gasteiger partial charge in [-0.15, -0.1) is 0 Å². The van der Waals surface area contributed by atoms with Crippen molar-refractivity contribution in [2.75, 3.05) is 26.7 Å². The second-order valence-corrected chi connectivity index (χ2v) is 11.1. The molecular weight excluding hydrogens is 520 g/mol. The van der Waals surface area contributed by atoms with E-state index in [9.17, 15) is 14.4 Å². The van der Waals surface area contributed by atoms with Crippen LogP contribution in [0.25, 0.3) is 10.9 Å². The number of carbonyl (C=O) groups is 3. The lowest BCUT2D eigenvalue weighted by molar-refractivity contribution is -0.120. The van der Waals surface area contributed by atoms with Crippen molar-refractivity contribution in [2.24, 2.45) is 34.2 Å². The largest absolute Gasteiger partial charge is 0.370 e. The first kappa shape index (κ1) is 33.4. The molecule has 0 spiro atoms. The van der Waals surface area contributed by atoms with E-state index in [0.29, 0.717) is 70.0 Å². The van der Waals surface area contributed by atoms with Crippen molar-refractivity contribution in [3.05, 3.63) is 36.0 Å². The van der Waals surface area contributed by atoms with Gasteiger partial charge in [-0.1, -0.05) is 45.4 Å². The highest BCUT2D eigenvalue weighted by Crippen LogP contribution is 2.23. The molecule has 2 aromatic rings. The zero-order chi connectivity index (χ0) is 30.2. The molecule has 4 amide bonds. The summed E-state index contributed by atoms with van der Waals surface area (Å²) < 4.78 is 0. The average molecular weight is 571 g/mol. The fourth-order valence-electron chi connectivity index (χ4n) is 5.06. The number of nitrogens with one attached hydrogen (secondary N) is 5. The second-order valence-electron chi connectivity index (χ2n) is 11.1. The number of aromatic amines is 1. The highest BCUT2D eigenvalue weighted by atomic mass is 16.2. The Morgan fingerprint density at radius 2 is 1.76 bits per heavy atom. The minimum atomic E-state index is -0.278. The number of Topliss-reactive ketones (excluding diaryl/α,β-unsaturated/α-hetero) is 1. The van der Waals surface area contributed by atoms with Gasteiger partial charge in [0.15, 0.2) is 5.96 Å². The van der Waals surface area contributed by atoms with Gasteiger partial charge in [0.2, 0.25) is 0 Å². The van der Waals surface area contributed by atoms with E-state index >= 15 is 0 Å². The van der Waals surface area contributed by atoms with Crippen LogP contribution in [0, 0.1) is 17.8 Å². The summed E-state index contributed by atoms with van der Waals surface area (Å²) in [5.41, 5.74) is 13.0. The number of H-pyrrole nitrogens is 1. The molecule has 3 atom stereocenters. The summed E-state index contributed by atoms with van der Waals surface area (Å²) in [6.07, 6.45) is 6.09. The van der Waals surface area contributed by atoms with Gasteiger partial charge in [-0.05, 0) is 55.1 Å². The SMILES string of the molecule is CC[C@H](CNC(=O)N[C@@H](CCCN=C(N)N)CCC(=O)C[C@H](CNC(=O)NC)Cc1c[nH]c2ccccc12)C(C)C. The van der Waals surface area contributed by atoms with Crippen LogP contribution in [0.15, 0.2) is 35.5 Å². The van der Waals surface area contributed by atoms with Crippen LogP contribution in [0.2, 0.25) is 0 Å². The van der Waals surface area contributed by atoms with Gasteiger partial charge < -0.3 is 37.7 Å². The number of rotatable bonds is 18. The summed E-state index contributed by atoms with van der Waals surface area (Å²) in [6, 6.07) is 7.35. The number of ketones is 1. The van der Waals surface area contributed by atoms with E-state index in [0.717, 1.165) is 22.9 Å². The third-order valence-corrected chi connectivity index (χ3v) is 7.58. The number of hydrogen-bond acceptors (Lipinski definition) is 4. The molecule has 11 nitrogen and oxygen atoms in total. The van der Waals surface area contributed by atoms with Crippen LogP contribution in [0.1, 0.15) is 64.9 Å². The molecule has 2 rings (SSSR count). The maximum atomic E-state index is 13.2. The van der Waals surface area contributed by atoms with E-state index in [1.807, 2.05) is 24.4 Å². The summed E-state index contributed by atoms with van der Waals surface area (Å²) in [4.78, 5) is 45.1. The first-order valence-corrected chi connectivity index (χ1v) is 14.7. The summed E-state index contributed by atoms with van der Waals surface area (Å²) in [5.74, 6) is 0.935. The minimum Gasteiger partial charge on any atom is -0.370 e. The van der Waals surface area contributed by atoms with Crippen molar-refractivity contribution in [1.29, 1.82) is 0 Å².